The van der Waals surface area contributed by atoms with Crippen LogP contribution in [0.25, 0.3) is 0 Å². The fourth-order valence-electron chi connectivity index (χ4n) is 4.29. The normalized spacial score (nSPS) is 19.8. The number of hydrogen-bond donors (Lipinski definition) is 0. The third-order valence-corrected chi connectivity index (χ3v) is 5.56. The zero-order chi connectivity index (χ0) is 17.4. The zero-order valence-corrected chi connectivity index (χ0v) is 15.0. The standard InChI is InChI=1S/C20H25N3O2/c1-22-18-10-4-3-9-16(18)19(21-22)20(24)23-12-6-11-17(23)14-7-5-8-15(13-14)25-2/h5,7-8,13,17H,3-4,6,9-12H2,1-2H3/t17-/m0/s1. The number of rotatable bonds is 3. The number of hydrogen-bond acceptors (Lipinski definition) is 3. The molecule has 0 spiro atoms. The monoisotopic (exact) mass is 339 g/mol. The third kappa shape index (κ3) is 2.81. The van der Waals surface area contributed by atoms with Crippen LogP contribution in [0.15, 0.2) is 24.3 Å². The zero-order valence-electron chi connectivity index (χ0n) is 15.0. The summed E-state index contributed by atoms with van der Waals surface area (Å²) in [6.07, 6.45) is 6.37. The van der Waals surface area contributed by atoms with Gasteiger partial charge in [-0.2, -0.15) is 5.10 Å². The number of aromatic nitrogens is 2. The highest BCUT2D eigenvalue weighted by Crippen LogP contribution is 2.35. The van der Waals surface area contributed by atoms with Gasteiger partial charge in [-0.1, -0.05) is 12.1 Å². The molecule has 4 rings (SSSR count). The van der Waals surface area contributed by atoms with E-state index in [4.69, 9.17) is 4.74 Å². The summed E-state index contributed by atoms with van der Waals surface area (Å²) in [6.45, 7) is 0.798. The maximum Gasteiger partial charge on any atom is 0.275 e. The lowest BCUT2D eigenvalue weighted by Crippen LogP contribution is -2.31. The van der Waals surface area contributed by atoms with Gasteiger partial charge in [0.25, 0.3) is 5.91 Å². The van der Waals surface area contributed by atoms with Gasteiger partial charge in [0.2, 0.25) is 0 Å². The van der Waals surface area contributed by atoms with Gasteiger partial charge < -0.3 is 9.64 Å². The lowest BCUT2D eigenvalue weighted by Gasteiger charge is -2.25. The van der Waals surface area contributed by atoms with E-state index in [9.17, 15) is 4.79 Å². The minimum absolute atomic E-state index is 0.0871. The molecule has 2 aromatic rings. The molecule has 5 nitrogen and oxygen atoms in total. The number of carbonyl (C=O) groups is 1. The summed E-state index contributed by atoms with van der Waals surface area (Å²) >= 11 is 0. The van der Waals surface area contributed by atoms with Crippen LogP contribution in [0.2, 0.25) is 0 Å². The van der Waals surface area contributed by atoms with E-state index < -0.39 is 0 Å². The molecule has 0 N–H and O–H groups in total. The van der Waals surface area contributed by atoms with Crippen LogP contribution in [0.3, 0.4) is 0 Å². The molecule has 0 bridgehead atoms. The summed E-state index contributed by atoms with van der Waals surface area (Å²) in [5.74, 6) is 0.927. The van der Waals surface area contributed by atoms with E-state index in [1.807, 2.05) is 34.8 Å². The van der Waals surface area contributed by atoms with Gasteiger partial charge in [0, 0.05) is 24.8 Å². The van der Waals surface area contributed by atoms with E-state index in [0.29, 0.717) is 5.69 Å². The second kappa shape index (κ2) is 6.54. The van der Waals surface area contributed by atoms with Crippen LogP contribution in [-0.2, 0) is 19.9 Å². The smallest absolute Gasteiger partial charge is 0.275 e. The molecule has 0 unspecified atom stereocenters. The van der Waals surface area contributed by atoms with Crippen molar-refractivity contribution in [3.8, 4) is 5.75 Å². The molecule has 1 aliphatic carbocycles. The van der Waals surface area contributed by atoms with Gasteiger partial charge in [-0.25, -0.2) is 0 Å². The van der Waals surface area contributed by atoms with Gasteiger partial charge in [0.05, 0.1) is 13.2 Å². The maximum absolute atomic E-state index is 13.3. The van der Waals surface area contributed by atoms with Crippen LogP contribution in [0.4, 0.5) is 0 Å². The molecule has 25 heavy (non-hydrogen) atoms. The number of fused-ring (bicyclic) bond motifs is 1. The first-order valence-electron chi connectivity index (χ1n) is 9.18. The van der Waals surface area contributed by atoms with E-state index in [1.54, 1.807) is 7.11 Å². The average Bonchev–Trinajstić information content (AvgIpc) is 3.27. The Hall–Kier alpha value is -2.30. The van der Waals surface area contributed by atoms with Crippen molar-refractivity contribution in [1.82, 2.24) is 14.7 Å². The number of ether oxygens (including phenoxy) is 1. The van der Waals surface area contributed by atoms with Crippen molar-refractivity contribution in [2.45, 2.75) is 44.6 Å². The molecule has 0 saturated carbocycles. The van der Waals surface area contributed by atoms with E-state index in [1.165, 1.54) is 17.7 Å². The molecule has 1 aromatic carbocycles. The first-order valence-corrected chi connectivity index (χ1v) is 9.18. The molecule has 1 saturated heterocycles. The lowest BCUT2D eigenvalue weighted by molar-refractivity contribution is 0.0727. The number of nitrogens with zero attached hydrogens (tertiary/aromatic N) is 3. The minimum Gasteiger partial charge on any atom is -0.497 e. The van der Waals surface area contributed by atoms with Crippen molar-refractivity contribution in [2.75, 3.05) is 13.7 Å². The van der Waals surface area contributed by atoms with Gasteiger partial charge in [0.15, 0.2) is 5.69 Å². The number of carbonyl (C=O) groups excluding carboxylic acids is 1. The lowest BCUT2D eigenvalue weighted by atomic mass is 9.95. The Morgan fingerprint density at radius 3 is 2.92 bits per heavy atom. The average molecular weight is 339 g/mol. The topological polar surface area (TPSA) is 47.4 Å². The highest BCUT2D eigenvalue weighted by atomic mass is 16.5. The van der Waals surface area contributed by atoms with Crippen molar-refractivity contribution >= 4 is 5.91 Å². The molecule has 1 fully saturated rings. The van der Waals surface area contributed by atoms with Crippen LogP contribution >= 0.6 is 0 Å². The molecular weight excluding hydrogens is 314 g/mol. The Bertz CT molecular complexity index is 796. The number of amides is 1. The summed E-state index contributed by atoms with van der Waals surface area (Å²) < 4.78 is 7.27. The highest BCUT2D eigenvalue weighted by molar-refractivity contribution is 5.94. The minimum atomic E-state index is 0.0871. The predicted octanol–water partition coefficient (Wildman–Crippen LogP) is 3.28. The predicted molar refractivity (Wildman–Crippen MR) is 95.9 cm³/mol. The molecule has 132 valence electrons. The van der Waals surface area contributed by atoms with E-state index in [-0.39, 0.29) is 11.9 Å². The van der Waals surface area contributed by atoms with Crippen LogP contribution < -0.4 is 4.74 Å². The Balaban J connectivity index is 1.65. The second-order valence-electron chi connectivity index (χ2n) is 7.04. The van der Waals surface area contributed by atoms with Crippen LogP contribution in [-0.4, -0.2) is 34.2 Å². The number of aryl methyl sites for hydroxylation is 1. The van der Waals surface area contributed by atoms with E-state index in [0.717, 1.165) is 50.0 Å². The SMILES string of the molecule is COc1cccc([C@@H]2CCCN2C(=O)c2nn(C)c3c2CCCC3)c1. The van der Waals surface area contributed by atoms with E-state index in [2.05, 4.69) is 11.2 Å². The van der Waals surface area contributed by atoms with Crippen LogP contribution in [0, 0.1) is 0 Å². The fraction of sp³-hybridized carbons (Fsp3) is 0.500. The van der Waals surface area contributed by atoms with Crippen LogP contribution in [0.1, 0.15) is 59.0 Å². The second-order valence-corrected chi connectivity index (χ2v) is 7.04. The van der Waals surface area contributed by atoms with Gasteiger partial charge in [-0.15, -0.1) is 0 Å². The largest absolute Gasteiger partial charge is 0.497 e. The molecule has 1 aromatic heterocycles. The molecule has 5 heteroatoms. The van der Waals surface area contributed by atoms with Gasteiger partial charge in [-0.3, -0.25) is 9.48 Å². The Kier molecular flexibility index (Phi) is 4.24. The molecule has 2 aliphatic rings. The number of benzene rings is 1. The molecule has 1 amide bonds. The Morgan fingerprint density at radius 1 is 1.24 bits per heavy atom. The van der Waals surface area contributed by atoms with Gasteiger partial charge >= 0.3 is 0 Å². The molecular formula is C20H25N3O2. The molecule has 2 heterocycles. The fourth-order valence-corrected chi connectivity index (χ4v) is 4.29. The summed E-state index contributed by atoms with van der Waals surface area (Å²) in [7, 11) is 3.64. The maximum atomic E-state index is 13.3. The number of likely N-dealkylation sites (tertiary alicyclic amines) is 1. The van der Waals surface area contributed by atoms with Crippen molar-refractivity contribution in [1.29, 1.82) is 0 Å². The van der Waals surface area contributed by atoms with Crippen LogP contribution in [0.5, 0.6) is 5.75 Å². The first kappa shape index (κ1) is 16.2. The first-order chi connectivity index (χ1) is 12.2. The van der Waals surface area contributed by atoms with Crippen molar-refractivity contribution in [3.63, 3.8) is 0 Å². The summed E-state index contributed by atoms with van der Waals surface area (Å²) in [5.41, 5.74) is 4.24. The van der Waals surface area contributed by atoms with Crippen molar-refractivity contribution in [2.24, 2.45) is 7.05 Å². The summed E-state index contributed by atoms with van der Waals surface area (Å²) in [4.78, 5) is 15.3. The highest BCUT2D eigenvalue weighted by Gasteiger charge is 2.34. The molecule has 1 aliphatic heterocycles. The van der Waals surface area contributed by atoms with Crippen molar-refractivity contribution < 1.29 is 9.53 Å². The molecule has 1 atom stereocenters. The Morgan fingerprint density at radius 2 is 2.08 bits per heavy atom. The van der Waals surface area contributed by atoms with Gasteiger partial charge in [0.1, 0.15) is 5.75 Å². The summed E-state index contributed by atoms with van der Waals surface area (Å²) in [6, 6.07) is 8.19. The quantitative estimate of drug-likeness (QED) is 0.862. The molecule has 0 radical (unpaired) electrons. The third-order valence-electron chi connectivity index (χ3n) is 5.56. The van der Waals surface area contributed by atoms with Gasteiger partial charge in [-0.05, 0) is 56.2 Å². The van der Waals surface area contributed by atoms with E-state index >= 15 is 0 Å². The summed E-state index contributed by atoms with van der Waals surface area (Å²) in [5, 5.41) is 4.60. The van der Waals surface area contributed by atoms with Crippen molar-refractivity contribution in [3.05, 3.63) is 46.8 Å². The Labute approximate surface area is 148 Å². The number of methoxy groups -OCH3 is 1.